The summed E-state index contributed by atoms with van der Waals surface area (Å²) in [6.45, 7) is 3.13. The number of carbonyl (C=O) groups is 1. The van der Waals surface area contributed by atoms with E-state index in [1.54, 1.807) is 11.8 Å². The predicted octanol–water partition coefficient (Wildman–Crippen LogP) is 2.22. The molecule has 1 amide bonds. The van der Waals surface area contributed by atoms with Gasteiger partial charge in [0.15, 0.2) is 6.10 Å². The molecule has 1 heterocycles. The van der Waals surface area contributed by atoms with Crippen molar-refractivity contribution < 1.29 is 17.9 Å². The molecule has 144 valence electrons. The molecular weight excluding hydrogens is 364 g/mol. The van der Waals surface area contributed by atoms with Gasteiger partial charge in [0.1, 0.15) is 5.75 Å². The predicted molar refractivity (Wildman–Crippen MR) is 105 cm³/mol. The normalized spacial score (nSPS) is 16.7. The molecular formula is C20H24N2O4S. The number of carbonyl (C=O) groups excluding carboxylic acids is 1. The topological polar surface area (TPSA) is 66.9 Å². The van der Waals surface area contributed by atoms with E-state index in [1.165, 1.54) is 10.6 Å². The van der Waals surface area contributed by atoms with Crippen LogP contribution in [0.5, 0.6) is 5.75 Å². The van der Waals surface area contributed by atoms with Crippen LogP contribution in [-0.4, -0.2) is 62.1 Å². The molecule has 0 bridgehead atoms. The van der Waals surface area contributed by atoms with E-state index in [4.69, 9.17) is 4.74 Å². The molecule has 1 saturated heterocycles. The molecule has 3 rings (SSSR count). The first-order valence-corrected chi connectivity index (χ1v) is 10.8. The Labute approximate surface area is 160 Å². The van der Waals surface area contributed by atoms with Crippen molar-refractivity contribution in [3.05, 3.63) is 54.6 Å². The summed E-state index contributed by atoms with van der Waals surface area (Å²) in [5, 5.41) is 0. The van der Waals surface area contributed by atoms with Crippen molar-refractivity contribution in [2.24, 2.45) is 0 Å². The van der Waals surface area contributed by atoms with E-state index in [1.807, 2.05) is 54.6 Å². The fraction of sp³-hybridized carbons (Fsp3) is 0.350. The third-order valence-electron chi connectivity index (χ3n) is 4.64. The third-order valence-corrected chi connectivity index (χ3v) is 5.94. The molecule has 2 aromatic carbocycles. The number of nitrogens with zero attached hydrogens (tertiary/aromatic N) is 2. The number of amides is 1. The van der Waals surface area contributed by atoms with E-state index in [9.17, 15) is 13.2 Å². The van der Waals surface area contributed by atoms with Gasteiger partial charge >= 0.3 is 0 Å². The van der Waals surface area contributed by atoms with Crippen molar-refractivity contribution in [1.82, 2.24) is 9.21 Å². The molecule has 6 nitrogen and oxygen atoms in total. The molecule has 0 saturated carbocycles. The molecule has 0 N–H and O–H groups in total. The zero-order chi connectivity index (χ0) is 19.4. The van der Waals surface area contributed by atoms with E-state index in [0.717, 1.165) is 11.1 Å². The summed E-state index contributed by atoms with van der Waals surface area (Å²) in [6.07, 6.45) is 0.562. The average molecular weight is 388 g/mol. The molecule has 0 aromatic heterocycles. The lowest BCUT2D eigenvalue weighted by Crippen LogP contribution is -2.53. The van der Waals surface area contributed by atoms with Gasteiger partial charge < -0.3 is 9.64 Å². The summed E-state index contributed by atoms with van der Waals surface area (Å²) in [7, 11) is -3.21. The van der Waals surface area contributed by atoms with Crippen molar-refractivity contribution in [2.75, 3.05) is 32.4 Å². The summed E-state index contributed by atoms with van der Waals surface area (Å²) >= 11 is 0. The smallest absolute Gasteiger partial charge is 0.263 e. The maximum Gasteiger partial charge on any atom is 0.263 e. The van der Waals surface area contributed by atoms with E-state index >= 15 is 0 Å². The minimum absolute atomic E-state index is 0.129. The number of ether oxygens (including phenoxy) is 1. The van der Waals surface area contributed by atoms with Crippen LogP contribution < -0.4 is 4.74 Å². The highest BCUT2D eigenvalue weighted by Gasteiger charge is 2.29. The second-order valence-electron chi connectivity index (χ2n) is 6.64. The zero-order valence-electron chi connectivity index (χ0n) is 15.5. The van der Waals surface area contributed by atoms with Crippen LogP contribution in [0, 0.1) is 0 Å². The van der Waals surface area contributed by atoms with Gasteiger partial charge in [-0.25, -0.2) is 8.42 Å². The van der Waals surface area contributed by atoms with Gasteiger partial charge in [0, 0.05) is 26.2 Å². The monoisotopic (exact) mass is 388 g/mol. The number of hydrogen-bond acceptors (Lipinski definition) is 4. The highest BCUT2D eigenvalue weighted by molar-refractivity contribution is 7.88. The minimum atomic E-state index is -3.21. The number of piperazine rings is 1. The minimum Gasteiger partial charge on any atom is -0.481 e. The fourth-order valence-corrected chi connectivity index (χ4v) is 3.93. The molecule has 1 aliphatic rings. The molecule has 0 spiro atoms. The first kappa shape index (κ1) is 19.4. The Bertz CT molecular complexity index is 874. The summed E-state index contributed by atoms with van der Waals surface area (Å²) < 4.78 is 30.3. The summed E-state index contributed by atoms with van der Waals surface area (Å²) in [6, 6.07) is 17.7. The van der Waals surface area contributed by atoms with Crippen LogP contribution in [0.1, 0.15) is 6.92 Å². The molecule has 27 heavy (non-hydrogen) atoms. The largest absolute Gasteiger partial charge is 0.481 e. The SMILES string of the molecule is CC(Oc1ccc(-c2ccccc2)cc1)C(=O)N1CCN(S(C)(=O)=O)CC1. The average Bonchev–Trinajstić information content (AvgIpc) is 2.68. The standard InChI is InChI=1S/C20H24N2O4S/c1-16(20(23)21-12-14-22(15-13-21)27(2,24)25)26-19-10-8-18(9-11-19)17-6-4-3-5-7-17/h3-11,16H,12-15H2,1-2H3. The van der Waals surface area contributed by atoms with Crippen LogP contribution in [0.2, 0.25) is 0 Å². The van der Waals surface area contributed by atoms with Gasteiger partial charge in [-0.1, -0.05) is 42.5 Å². The van der Waals surface area contributed by atoms with Crippen molar-refractivity contribution in [1.29, 1.82) is 0 Å². The molecule has 1 unspecified atom stereocenters. The van der Waals surface area contributed by atoms with Gasteiger partial charge in [-0.15, -0.1) is 0 Å². The van der Waals surface area contributed by atoms with E-state index in [-0.39, 0.29) is 5.91 Å². The molecule has 7 heteroatoms. The summed E-state index contributed by atoms with van der Waals surface area (Å²) in [4.78, 5) is 14.2. The zero-order valence-corrected chi connectivity index (χ0v) is 16.4. The van der Waals surface area contributed by atoms with Gasteiger partial charge in [-0.3, -0.25) is 4.79 Å². The second kappa shape index (κ2) is 8.10. The molecule has 0 radical (unpaired) electrons. The van der Waals surface area contributed by atoms with E-state index < -0.39 is 16.1 Å². The first-order valence-electron chi connectivity index (χ1n) is 8.90. The van der Waals surface area contributed by atoms with E-state index in [2.05, 4.69) is 0 Å². The Kier molecular flexibility index (Phi) is 5.82. The van der Waals surface area contributed by atoms with Crippen LogP contribution >= 0.6 is 0 Å². The molecule has 1 fully saturated rings. The second-order valence-corrected chi connectivity index (χ2v) is 8.62. The lowest BCUT2D eigenvalue weighted by atomic mass is 10.1. The van der Waals surface area contributed by atoms with Crippen LogP contribution in [0.15, 0.2) is 54.6 Å². The fourth-order valence-electron chi connectivity index (χ4n) is 3.11. The highest BCUT2D eigenvalue weighted by Crippen LogP contribution is 2.23. The highest BCUT2D eigenvalue weighted by atomic mass is 32.2. The van der Waals surface area contributed by atoms with Crippen molar-refractivity contribution in [3.63, 3.8) is 0 Å². The van der Waals surface area contributed by atoms with Gasteiger partial charge in [0.2, 0.25) is 10.0 Å². The van der Waals surface area contributed by atoms with E-state index in [0.29, 0.717) is 31.9 Å². The van der Waals surface area contributed by atoms with Crippen molar-refractivity contribution in [3.8, 4) is 16.9 Å². The molecule has 1 atom stereocenters. The van der Waals surface area contributed by atoms with Gasteiger partial charge in [0.05, 0.1) is 6.26 Å². The van der Waals surface area contributed by atoms with Crippen molar-refractivity contribution >= 4 is 15.9 Å². The van der Waals surface area contributed by atoms with Crippen molar-refractivity contribution in [2.45, 2.75) is 13.0 Å². The quantitative estimate of drug-likeness (QED) is 0.788. The Hall–Kier alpha value is -2.38. The Morgan fingerprint density at radius 3 is 2.04 bits per heavy atom. The summed E-state index contributed by atoms with van der Waals surface area (Å²) in [5.41, 5.74) is 2.20. The lowest BCUT2D eigenvalue weighted by molar-refractivity contribution is -0.139. The number of benzene rings is 2. The molecule has 1 aliphatic heterocycles. The number of sulfonamides is 1. The maximum atomic E-state index is 12.6. The lowest BCUT2D eigenvalue weighted by Gasteiger charge is -2.34. The Morgan fingerprint density at radius 2 is 1.48 bits per heavy atom. The van der Waals surface area contributed by atoms with Crippen LogP contribution in [0.3, 0.4) is 0 Å². The van der Waals surface area contributed by atoms with Gasteiger partial charge in [0.25, 0.3) is 5.91 Å². The van der Waals surface area contributed by atoms with Crippen LogP contribution in [-0.2, 0) is 14.8 Å². The van der Waals surface area contributed by atoms with Gasteiger partial charge in [-0.2, -0.15) is 4.31 Å². The Balaban J connectivity index is 1.57. The molecule has 0 aliphatic carbocycles. The van der Waals surface area contributed by atoms with Crippen LogP contribution in [0.25, 0.3) is 11.1 Å². The third kappa shape index (κ3) is 4.87. The maximum absolute atomic E-state index is 12.6. The number of rotatable bonds is 5. The molecule has 2 aromatic rings. The number of hydrogen-bond donors (Lipinski definition) is 0. The Morgan fingerprint density at radius 1 is 0.926 bits per heavy atom. The summed E-state index contributed by atoms with van der Waals surface area (Å²) in [5.74, 6) is 0.501. The van der Waals surface area contributed by atoms with Crippen LogP contribution in [0.4, 0.5) is 0 Å². The van der Waals surface area contributed by atoms with Gasteiger partial charge in [-0.05, 0) is 30.2 Å². The first-order chi connectivity index (χ1) is 12.8.